The van der Waals surface area contributed by atoms with Gasteiger partial charge in [0, 0.05) is 11.4 Å². The van der Waals surface area contributed by atoms with E-state index in [2.05, 4.69) is 32.9 Å². The highest BCUT2D eigenvalue weighted by atomic mass is 14.7. The molecule has 1 heteroatoms. The molecule has 0 fully saturated rings. The highest BCUT2D eigenvalue weighted by Crippen LogP contribution is 2.16. The van der Waals surface area contributed by atoms with Crippen LogP contribution < -0.4 is 0 Å². The molecule has 0 aliphatic heterocycles. The molecule has 0 atom stereocenters. The van der Waals surface area contributed by atoms with Crippen molar-refractivity contribution in [3.63, 3.8) is 0 Å². The maximum atomic E-state index is 5.04. The van der Waals surface area contributed by atoms with E-state index in [0.29, 0.717) is 0 Å². The van der Waals surface area contributed by atoms with Crippen molar-refractivity contribution in [2.45, 2.75) is 143 Å². The Hall–Kier alpha value is -0.850. The Bertz CT molecular complexity index is 429. The number of rotatable bonds is 19. The Morgan fingerprint density at radius 3 is 1.29 bits per heavy atom. The highest BCUT2D eigenvalue weighted by molar-refractivity contribution is 5.22. The third kappa shape index (κ3) is 13.3. The van der Waals surface area contributed by atoms with Crippen LogP contribution >= 0.6 is 0 Å². The van der Waals surface area contributed by atoms with Gasteiger partial charge in [0.05, 0.1) is 0 Å². The summed E-state index contributed by atoms with van der Waals surface area (Å²) in [6, 6.07) is 4.81. The molecule has 1 heterocycles. The summed E-state index contributed by atoms with van der Waals surface area (Å²) < 4.78 is 0. The molecule has 28 heavy (non-hydrogen) atoms. The molecule has 0 saturated carbocycles. The van der Waals surface area contributed by atoms with Crippen molar-refractivity contribution in [1.82, 2.24) is 4.98 Å². The summed E-state index contributed by atoms with van der Waals surface area (Å²) in [7, 11) is 0. The summed E-state index contributed by atoms with van der Waals surface area (Å²) in [6.45, 7) is 6.88. The van der Waals surface area contributed by atoms with E-state index in [1.807, 2.05) is 0 Å². The fourth-order valence-corrected chi connectivity index (χ4v) is 4.03. The number of aryl methyl sites for hydroxylation is 3. The Kier molecular flexibility index (Phi) is 16.4. The molecular weight excluding hydrogens is 338 g/mol. The van der Waals surface area contributed by atoms with Crippen molar-refractivity contribution in [1.29, 1.82) is 0 Å². The Balaban J connectivity index is 2.39. The van der Waals surface area contributed by atoms with Gasteiger partial charge in [-0.3, -0.25) is 4.98 Å². The third-order valence-electron chi connectivity index (χ3n) is 5.88. The summed E-state index contributed by atoms with van der Waals surface area (Å²) in [5, 5.41) is 0. The molecule has 0 aliphatic carbocycles. The first-order chi connectivity index (χ1) is 13.8. The number of pyridine rings is 1. The lowest BCUT2D eigenvalue weighted by Gasteiger charge is -2.10. The van der Waals surface area contributed by atoms with Crippen LogP contribution in [0.4, 0.5) is 0 Å². The van der Waals surface area contributed by atoms with Crippen molar-refractivity contribution in [3.8, 4) is 0 Å². The second-order valence-corrected chi connectivity index (χ2v) is 8.80. The number of nitrogens with zero attached hydrogens (tertiary/aromatic N) is 1. The van der Waals surface area contributed by atoms with Gasteiger partial charge in [0.15, 0.2) is 0 Å². The van der Waals surface area contributed by atoms with Crippen molar-refractivity contribution < 1.29 is 0 Å². The molecule has 0 N–H and O–H groups in total. The van der Waals surface area contributed by atoms with E-state index in [-0.39, 0.29) is 0 Å². The van der Waals surface area contributed by atoms with Crippen molar-refractivity contribution in [2.75, 3.05) is 0 Å². The van der Waals surface area contributed by atoms with Crippen LogP contribution in [-0.4, -0.2) is 4.98 Å². The van der Waals surface area contributed by atoms with E-state index in [1.54, 1.807) is 0 Å². The molecule has 1 rings (SSSR count). The molecule has 1 aromatic rings. The maximum Gasteiger partial charge on any atom is 0.0409 e. The molecule has 0 aromatic carbocycles. The molecule has 0 saturated heterocycles. The molecule has 0 unspecified atom stereocenters. The van der Waals surface area contributed by atoms with E-state index < -0.39 is 0 Å². The molecule has 1 nitrogen and oxygen atoms in total. The van der Waals surface area contributed by atoms with E-state index in [1.165, 1.54) is 139 Å². The summed E-state index contributed by atoms with van der Waals surface area (Å²) >= 11 is 0. The number of aromatic nitrogens is 1. The Morgan fingerprint density at radius 2 is 0.857 bits per heavy atom. The minimum absolute atomic E-state index is 1.18. The Labute approximate surface area is 177 Å². The second kappa shape index (κ2) is 18.2. The predicted octanol–water partition coefficient (Wildman–Crippen LogP) is 9.01. The van der Waals surface area contributed by atoms with E-state index >= 15 is 0 Å². The smallest absolute Gasteiger partial charge is 0.0409 e. The fraction of sp³-hybridized carbons (Fsp3) is 0.815. The zero-order chi connectivity index (χ0) is 20.3. The van der Waals surface area contributed by atoms with E-state index in [0.717, 1.165) is 0 Å². The van der Waals surface area contributed by atoms with Crippen molar-refractivity contribution in [2.24, 2.45) is 0 Å². The maximum absolute atomic E-state index is 5.04. The largest absolute Gasteiger partial charge is 0.258 e. The SMILES string of the molecule is CCCCCCCCCc1cc(CCCC)cc(CCCCCCCCC)n1. The van der Waals surface area contributed by atoms with Gasteiger partial charge in [0.2, 0.25) is 0 Å². The van der Waals surface area contributed by atoms with Gasteiger partial charge in [-0.15, -0.1) is 0 Å². The minimum Gasteiger partial charge on any atom is -0.258 e. The fourth-order valence-electron chi connectivity index (χ4n) is 4.03. The van der Waals surface area contributed by atoms with Crippen LogP contribution in [0.5, 0.6) is 0 Å². The molecular formula is C27H49N. The summed E-state index contributed by atoms with van der Waals surface area (Å²) in [4.78, 5) is 5.04. The first-order valence-electron chi connectivity index (χ1n) is 12.8. The third-order valence-corrected chi connectivity index (χ3v) is 5.88. The molecule has 0 amide bonds. The van der Waals surface area contributed by atoms with Crippen LogP contribution in [0.25, 0.3) is 0 Å². The van der Waals surface area contributed by atoms with Gasteiger partial charge >= 0.3 is 0 Å². The van der Waals surface area contributed by atoms with Gasteiger partial charge in [-0.2, -0.15) is 0 Å². The van der Waals surface area contributed by atoms with E-state index in [4.69, 9.17) is 4.98 Å². The summed E-state index contributed by atoms with van der Waals surface area (Å²) in [5.74, 6) is 0. The van der Waals surface area contributed by atoms with Crippen LogP contribution in [0, 0.1) is 0 Å². The topological polar surface area (TPSA) is 12.9 Å². The lowest BCUT2D eigenvalue weighted by Crippen LogP contribution is -2.00. The summed E-state index contributed by atoms with van der Waals surface area (Å²) in [5.41, 5.74) is 4.26. The van der Waals surface area contributed by atoms with Crippen LogP contribution in [-0.2, 0) is 19.3 Å². The van der Waals surface area contributed by atoms with Crippen LogP contribution in [0.15, 0.2) is 12.1 Å². The molecule has 162 valence electrons. The molecule has 0 bridgehead atoms. The van der Waals surface area contributed by atoms with Gasteiger partial charge in [-0.25, -0.2) is 0 Å². The van der Waals surface area contributed by atoms with Crippen LogP contribution in [0.2, 0.25) is 0 Å². The number of unbranched alkanes of at least 4 members (excludes halogenated alkanes) is 13. The zero-order valence-electron chi connectivity index (χ0n) is 19.5. The van der Waals surface area contributed by atoms with Gasteiger partial charge < -0.3 is 0 Å². The quantitative estimate of drug-likeness (QED) is 0.216. The highest BCUT2D eigenvalue weighted by Gasteiger charge is 2.04. The molecule has 0 spiro atoms. The summed E-state index contributed by atoms with van der Waals surface area (Å²) in [6.07, 6.45) is 25.5. The number of hydrogen-bond acceptors (Lipinski definition) is 1. The standard InChI is InChI=1S/C27H49N/c1-4-7-10-12-14-16-18-21-26-23-25(20-9-6-3)24-27(28-26)22-19-17-15-13-11-8-5-2/h23-24H,4-22H2,1-3H3. The lowest BCUT2D eigenvalue weighted by molar-refractivity contribution is 0.582. The normalized spacial score (nSPS) is 11.2. The average molecular weight is 388 g/mol. The lowest BCUT2D eigenvalue weighted by atomic mass is 10.0. The monoisotopic (exact) mass is 387 g/mol. The zero-order valence-corrected chi connectivity index (χ0v) is 19.5. The van der Waals surface area contributed by atoms with Crippen molar-refractivity contribution in [3.05, 3.63) is 29.1 Å². The van der Waals surface area contributed by atoms with Gasteiger partial charge in [0.1, 0.15) is 0 Å². The van der Waals surface area contributed by atoms with Crippen molar-refractivity contribution >= 4 is 0 Å². The number of hydrogen-bond donors (Lipinski definition) is 0. The minimum atomic E-state index is 1.18. The predicted molar refractivity (Wildman–Crippen MR) is 126 cm³/mol. The van der Waals surface area contributed by atoms with E-state index in [9.17, 15) is 0 Å². The first-order valence-corrected chi connectivity index (χ1v) is 12.8. The van der Waals surface area contributed by atoms with Crippen LogP contribution in [0.3, 0.4) is 0 Å². The molecule has 0 aliphatic rings. The Morgan fingerprint density at radius 1 is 0.464 bits per heavy atom. The molecule has 0 radical (unpaired) electrons. The van der Waals surface area contributed by atoms with Crippen LogP contribution in [0.1, 0.15) is 140 Å². The van der Waals surface area contributed by atoms with Gasteiger partial charge in [0.25, 0.3) is 0 Å². The average Bonchev–Trinajstić information content (AvgIpc) is 2.71. The van der Waals surface area contributed by atoms with Gasteiger partial charge in [-0.1, -0.05) is 104 Å². The van der Waals surface area contributed by atoms with Gasteiger partial charge in [-0.05, 0) is 56.2 Å². The molecule has 1 aromatic heterocycles. The first kappa shape index (κ1) is 25.2. The second-order valence-electron chi connectivity index (χ2n) is 8.80.